The third kappa shape index (κ3) is 2.68. The highest BCUT2D eigenvalue weighted by Gasteiger charge is 2.26. The van der Waals surface area contributed by atoms with Crippen molar-refractivity contribution in [3.63, 3.8) is 0 Å². The highest BCUT2D eigenvalue weighted by Crippen LogP contribution is 2.33. The van der Waals surface area contributed by atoms with Crippen molar-refractivity contribution in [3.8, 4) is 5.75 Å². The van der Waals surface area contributed by atoms with Crippen LogP contribution in [0.1, 0.15) is 44.4 Å². The highest BCUT2D eigenvalue weighted by molar-refractivity contribution is 5.39. The standard InChI is InChI=1S/C15H22O3/c1-10(2)15(3,17)9-18-12-5-6-13-11(8-12)4-7-14(13)16/h5-6,8,10,14,16-17H,4,7,9H2,1-3H3. The van der Waals surface area contributed by atoms with Gasteiger partial charge in [0, 0.05) is 0 Å². The summed E-state index contributed by atoms with van der Waals surface area (Å²) in [5.74, 6) is 0.914. The maximum Gasteiger partial charge on any atom is 0.119 e. The lowest BCUT2D eigenvalue weighted by atomic mass is 9.94. The van der Waals surface area contributed by atoms with Crippen molar-refractivity contribution in [1.82, 2.24) is 0 Å². The molecule has 0 aromatic heterocycles. The van der Waals surface area contributed by atoms with Gasteiger partial charge in [-0.25, -0.2) is 0 Å². The van der Waals surface area contributed by atoms with Crippen LogP contribution in [0.5, 0.6) is 5.75 Å². The fourth-order valence-corrected chi connectivity index (χ4v) is 2.06. The van der Waals surface area contributed by atoms with E-state index >= 15 is 0 Å². The van der Waals surface area contributed by atoms with Gasteiger partial charge in [-0.05, 0) is 48.9 Å². The lowest BCUT2D eigenvalue weighted by Gasteiger charge is -2.27. The van der Waals surface area contributed by atoms with E-state index in [1.807, 2.05) is 32.0 Å². The molecular formula is C15H22O3. The molecule has 2 atom stereocenters. The fraction of sp³-hybridized carbons (Fsp3) is 0.600. The van der Waals surface area contributed by atoms with Crippen LogP contribution in [0.3, 0.4) is 0 Å². The van der Waals surface area contributed by atoms with E-state index in [1.54, 1.807) is 6.92 Å². The number of aliphatic hydroxyl groups is 2. The number of benzene rings is 1. The summed E-state index contributed by atoms with van der Waals surface area (Å²) in [5, 5.41) is 19.8. The molecule has 1 aromatic carbocycles. The Bertz CT molecular complexity index is 424. The first-order chi connectivity index (χ1) is 8.40. The van der Waals surface area contributed by atoms with Gasteiger partial charge in [0.25, 0.3) is 0 Å². The van der Waals surface area contributed by atoms with Crippen LogP contribution in [0.25, 0.3) is 0 Å². The first kappa shape index (κ1) is 13.4. The molecule has 100 valence electrons. The van der Waals surface area contributed by atoms with Crippen LogP contribution in [0.2, 0.25) is 0 Å². The molecule has 0 bridgehead atoms. The maximum absolute atomic E-state index is 10.1. The van der Waals surface area contributed by atoms with E-state index in [0.717, 1.165) is 29.7 Å². The first-order valence-corrected chi connectivity index (χ1v) is 6.56. The fourth-order valence-electron chi connectivity index (χ4n) is 2.06. The second kappa shape index (κ2) is 4.90. The molecule has 0 radical (unpaired) electrons. The topological polar surface area (TPSA) is 49.7 Å². The van der Waals surface area contributed by atoms with Crippen molar-refractivity contribution in [3.05, 3.63) is 29.3 Å². The van der Waals surface area contributed by atoms with E-state index < -0.39 is 5.60 Å². The minimum Gasteiger partial charge on any atom is -0.491 e. The highest BCUT2D eigenvalue weighted by atomic mass is 16.5. The van der Waals surface area contributed by atoms with Gasteiger partial charge in [0.1, 0.15) is 12.4 Å². The Morgan fingerprint density at radius 2 is 2.17 bits per heavy atom. The Balaban J connectivity index is 2.04. The minimum atomic E-state index is -0.821. The smallest absolute Gasteiger partial charge is 0.119 e. The van der Waals surface area contributed by atoms with E-state index in [2.05, 4.69) is 0 Å². The zero-order valence-electron chi connectivity index (χ0n) is 11.3. The summed E-state index contributed by atoms with van der Waals surface area (Å²) in [6.45, 7) is 6.02. The maximum atomic E-state index is 10.1. The molecule has 3 heteroatoms. The molecule has 0 aliphatic heterocycles. The van der Waals surface area contributed by atoms with Gasteiger partial charge in [-0.3, -0.25) is 0 Å². The number of hydrogen-bond donors (Lipinski definition) is 2. The van der Waals surface area contributed by atoms with Gasteiger partial charge in [-0.1, -0.05) is 19.9 Å². The average Bonchev–Trinajstić information content (AvgIpc) is 2.68. The summed E-state index contributed by atoms with van der Waals surface area (Å²) < 4.78 is 5.66. The van der Waals surface area contributed by atoms with Gasteiger partial charge in [-0.15, -0.1) is 0 Å². The number of rotatable bonds is 4. The summed E-state index contributed by atoms with van der Waals surface area (Å²) in [7, 11) is 0. The summed E-state index contributed by atoms with van der Waals surface area (Å²) in [6, 6.07) is 5.76. The first-order valence-electron chi connectivity index (χ1n) is 6.56. The summed E-state index contributed by atoms with van der Waals surface area (Å²) in [5.41, 5.74) is 1.35. The van der Waals surface area contributed by atoms with Gasteiger partial charge in [0.15, 0.2) is 0 Å². The lowest BCUT2D eigenvalue weighted by Crippen LogP contribution is -2.37. The van der Waals surface area contributed by atoms with Crippen LogP contribution in [0.4, 0.5) is 0 Å². The van der Waals surface area contributed by atoms with Crippen LogP contribution in [-0.2, 0) is 6.42 Å². The van der Waals surface area contributed by atoms with Crippen molar-refractivity contribution in [2.45, 2.75) is 45.3 Å². The Hall–Kier alpha value is -1.06. The third-order valence-corrected chi connectivity index (χ3v) is 3.94. The van der Waals surface area contributed by atoms with Crippen LogP contribution in [0.15, 0.2) is 18.2 Å². The molecular weight excluding hydrogens is 228 g/mol. The van der Waals surface area contributed by atoms with Crippen molar-refractivity contribution in [2.24, 2.45) is 5.92 Å². The summed E-state index contributed by atoms with van der Waals surface area (Å²) >= 11 is 0. The molecule has 2 rings (SSSR count). The van der Waals surface area contributed by atoms with Crippen LogP contribution < -0.4 is 4.74 Å². The van der Waals surface area contributed by atoms with Crippen LogP contribution >= 0.6 is 0 Å². The number of aryl methyl sites for hydroxylation is 1. The number of fused-ring (bicyclic) bond motifs is 1. The zero-order valence-corrected chi connectivity index (χ0v) is 11.3. The summed E-state index contributed by atoms with van der Waals surface area (Å²) in [4.78, 5) is 0. The van der Waals surface area contributed by atoms with Crippen molar-refractivity contribution < 1.29 is 14.9 Å². The SMILES string of the molecule is CC(C)C(C)(O)COc1ccc2c(c1)CCC2O. The normalized spacial score (nSPS) is 21.8. The molecule has 0 heterocycles. The van der Waals surface area contributed by atoms with E-state index in [1.165, 1.54) is 0 Å². The van der Waals surface area contributed by atoms with Crippen LogP contribution in [0, 0.1) is 5.92 Å². The Morgan fingerprint density at radius 3 is 2.83 bits per heavy atom. The molecule has 2 N–H and O–H groups in total. The van der Waals surface area contributed by atoms with Gasteiger partial charge in [0.05, 0.1) is 11.7 Å². The molecule has 0 spiro atoms. The predicted octanol–water partition coefficient (Wildman–Crippen LogP) is 2.45. The Morgan fingerprint density at radius 1 is 1.44 bits per heavy atom. The van der Waals surface area contributed by atoms with E-state index in [0.29, 0.717) is 0 Å². The molecule has 0 fully saturated rings. The molecule has 3 nitrogen and oxygen atoms in total. The lowest BCUT2D eigenvalue weighted by molar-refractivity contribution is -0.0266. The molecule has 0 saturated heterocycles. The van der Waals surface area contributed by atoms with Gasteiger partial charge in [-0.2, -0.15) is 0 Å². The summed E-state index contributed by atoms with van der Waals surface area (Å²) in [6.07, 6.45) is 1.37. The monoisotopic (exact) mass is 250 g/mol. The zero-order chi connectivity index (χ0) is 13.3. The minimum absolute atomic E-state index is 0.147. The molecule has 1 aromatic rings. The second-order valence-corrected chi connectivity index (χ2v) is 5.72. The van der Waals surface area contributed by atoms with Crippen molar-refractivity contribution >= 4 is 0 Å². The second-order valence-electron chi connectivity index (χ2n) is 5.72. The van der Waals surface area contributed by atoms with E-state index in [-0.39, 0.29) is 18.6 Å². The third-order valence-electron chi connectivity index (χ3n) is 3.94. The molecule has 1 aliphatic carbocycles. The van der Waals surface area contributed by atoms with Gasteiger partial charge in [0.2, 0.25) is 0 Å². The molecule has 0 amide bonds. The van der Waals surface area contributed by atoms with Gasteiger partial charge < -0.3 is 14.9 Å². The predicted molar refractivity (Wildman–Crippen MR) is 70.7 cm³/mol. The van der Waals surface area contributed by atoms with Crippen LogP contribution in [-0.4, -0.2) is 22.4 Å². The Labute approximate surface area is 108 Å². The Kier molecular flexibility index (Phi) is 3.64. The van der Waals surface area contributed by atoms with Crippen molar-refractivity contribution in [2.75, 3.05) is 6.61 Å². The molecule has 18 heavy (non-hydrogen) atoms. The number of ether oxygens (including phenoxy) is 1. The molecule has 1 aliphatic rings. The van der Waals surface area contributed by atoms with E-state index in [9.17, 15) is 10.2 Å². The van der Waals surface area contributed by atoms with Gasteiger partial charge >= 0.3 is 0 Å². The largest absolute Gasteiger partial charge is 0.491 e. The molecule has 0 saturated carbocycles. The number of hydrogen-bond acceptors (Lipinski definition) is 3. The van der Waals surface area contributed by atoms with Crippen molar-refractivity contribution in [1.29, 1.82) is 0 Å². The number of aliphatic hydroxyl groups excluding tert-OH is 1. The van der Waals surface area contributed by atoms with E-state index in [4.69, 9.17) is 4.74 Å². The average molecular weight is 250 g/mol. The quantitative estimate of drug-likeness (QED) is 0.863. The molecule has 2 unspecified atom stereocenters.